The lowest BCUT2D eigenvalue weighted by molar-refractivity contribution is 0.0268. The number of methoxy groups -OCH3 is 2. The van der Waals surface area contributed by atoms with Crippen LogP contribution in [0.4, 0.5) is 0 Å². The first-order valence-corrected chi connectivity index (χ1v) is 8.25. The third kappa shape index (κ3) is 6.66. The van der Waals surface area contributed by atoms with Gasteiger partial charge in [0.15, 0.2) is 17.5 Å². The van der Waals surface area contributed by atoms with Crippen molar-refractivity contribution in [3.8, 4) is 11.5 Å². The minimum atomic E-state index is -0.251. The second-order valence-electron chi connectivity index (χ2n) is 6.08. The van der Waals surface area contributed by atoms with Gasteiger partial charge in [-0.25, -0.2) is 0 Å². The van der Waals surface area contributed by atoms with E-state index in [1.165, 1.54) is 0 Å². The van der Waals surface area contributed by atoms with E-state index < -0.39 is 0 Å². The monoisotopic (exact) mass is 337 g/mol. The average Bonchev–Trinajstić information content (AvgIpc) is 2.60. The summed E-state index contributed by atoms with van der Waals surface area (Å²) < 4.78 is 16.5. The van der Waals surface area contributed by atoms with Crippen LogP contribution in [0.1, 0.15) is 32.8 Å². The zero-order valence-corrected chi connectivity index (χ0v) is 15.7. The predicted octanol–water partition coefficient (Wildman–Crippen LogP) is 2.57. The van der Waals surface area contributed by atoms with Crippen molar-refractivity contribution in [3.05, 3.63) is 23.8 Å². The Balaban J connectivity index is 2.62. The van der Waals surface area contributed by atoms with Gasteiger partial charge in [-0.15, -0.1) is 0 Å². The number of guanidine groups is 1. The molecule has 1 aromatic rings. The van der Waals surface area contributed by atoms with Gasteiger partial charge >= 0.3 is 0 Å². The van der Waals surface area contributed by atoms with Crippen molar-refractivity contribution >= 4 is 5.96 Å². The summed E-state index contributed by atoms with van der Waals surface area (Å²) in [6.45, 7) is 8.10. The van der Waals surface area contributed by atoms with Crippen molar-refractivity contribution in [2.45, 2.75) is 39.3 Å². The molecule has 0 atom stereocenters. The Morgan fingerprint density at radius 2 is 1.92 bits per heavy atom. The quantitative estimate of drug-likeness (QED) is 0.536. The molecule has 0 saturated carbocycles. The molecular weight excluding hydrogens is 306 g/mol. The fourth-order valence-corrected chi connectivity index (χ4v) is 1.93. The van der Waals surface area contributed by atoms with Crippen molar-refractivity contribution < 1.29 is 14.2 Å². The van der Waals surface area contributed by atoms with Crippen molar-refractivity contribution in [2.24, 2.45) is 4.99 Å². The van der Waals surface area contributed by atoms with E-state index in [0.717, 1.165) is 29.4 Å². The average molecular weight is 337 g/mol. The third-order valence-corrected chi connectivity index (χ3v) is 3.61. The Morgan fingerprint density at radius 1 is 1.17 bits per heavy atom. The van der Waals surface area contributed by atoms with E-state index in [-0.39, 0.29) is 5.60 Å². The summed E-state index contributed by atoms with van der Waals surface area (Å²) in [7, 11) is 5.10. The molecule has 0 aromatic heterocycles. The van der Waals surface area contributed by atoms with Gasteiger partial charge in [-0.05, 0) is 38.0 Å². The van der Waals surface area contributed by atoms with E-state index >= 15 is 0 Å². The molecule has 1 rings (SSSR count). The summed E-state index contributed by atoms with van der Waals surface area (Å²) in [4.78, 5) is 4.22. The molecular formula is C18H31N3O3. The van der Waals surface area contributed by atoms with E-state index in [1.807, 2.05) is 32.0 Å². The molecule has 0 aliphatic heterocycles. The van der Waals surface area contributed by atoms with Crippen LogP contribution < -0.4 is 20.1 Å². The summed E-state index contributed by atoms with van der Waals surface area (Å²) in [5.74, 6) is 2.24. The van der Waals surface area contributed by atoms with Gasteiger partial charge in [-0.2, -0.15) is 0 Å². The van der Waals surface area contributed by atoms with Crippen LogP contribution in [0.25, 0.3) is 0 Å². The van der Waals surface area contributed by atoms with Crippen LogP contribution in [-0.4, -0.2) is 46.0 Å². The molecule has 0 aliphatic rings. The van der Waals surface area contributed by atoms with Crippen molar-refractivity contribution in [1.29, 1.82) is 0 Å². The Morgan fingerprint density at radius 3 is 2.50 bits per heavy atom. The largest absolute Gasteiger partial charge is 0.493 e. The Hall–Kier alpha value is -1.95. The summed E-state index contributed by atoms with van der Waals surface area (Å²) >= 11 is 0. The maximum absolute atomic E-state index is 5.67. The standard InChI is InChI=1S/C18H31N3O3/c1-7-10-24-15-9-8-14(11-16(15)22-5)12-20-17(19-4)21-13-18(2,3)23-6/h8-9,11H,7,10,12-13H2,1-6H3,(H2,19,20,21). The molecule has 136 valence electrons. The van der Waals surface area contributed by atoms with E-state index in [0.29, 0.717) is 19.7 Å². The highest BCUT2D eigenvalue weighted by Gasteiger charge is 2.16. The number of benzene rings is 1. The minimum absolute atomic E-state index is 0.251. The maximum atomic E-state index is 5.67. The fourth-order valence-electron chi connectivity index (χ4n) is 1.93. The van der Waals surface area contributed by atoms with Crippen molar-refractivity contribution in [3.63, 3.8) is 0 Å². The number of nitrogens with one attached hydrogen (secondary N) is 2. The van der Waals surface area contributed by atoms with Gasteiger partial charge in [0.05, 0.1) is 19.3 Å². The van der Waals surface area contributed by atoms with Crippen LogP contribution in [0, 0.1) is 0 Å². The molecule has 0 unspecified atom stereocenters. The van der Waals surface area contributed by atoms with Crippen molar-refractivity contribution in [1.82, 2.24) is 10.6 Å². The smallest absolute Gasteiger partial charge is 0.191 e. The molecule has 0 amide bonds. The molecule has 0 spiro atoms. The summed E-state index contributed by atoms with van der Waals surface area (Å²) in [6, 6.07) is 5.94. The first-order valence-electron chi connectivity index (χ1n) is 8.25. The highest BCUT2D eigenvalue weighted by Crippen LogP contribution is 2.28. The molecule has 0 bridgehead atoms. The van der Waals surface area contributed by atoms with Gasteiger partial charge in [0.2, 0.25) is 0 Å². The Labute approximate surface area is 145 Å². The predicted molar refractivity (Wildman–Crippen MR) is 98.1 cm³/mol. The van der Waals surface area contributed by atoms with Crippen LogP contribution in [0.15, 0.2) is 23.2 Å². The Kier molecular flexibility index (Phi) is 8.40. The molecule has 0 fully saturated rings. The molecule has 0 heterocycles. The SMILES string of the molecule is CCCOc1ccc(CNC(=NC)NCC(C)(C)OC)cc1OC. The zero-order chi connectivity index (χ0) is 18.0. The second kappa shape index (κ2) is 10.0. The van der Waals surface area contributed by atoms with Gasteiger partial charge < -0.3 is 24.8 Å². The normalized spacial score (nSPS) is 12.0. The first kappa shape index (κ1) is 20.1. The molecule has 6 nitrogen and oxygen atoms in total. The number of nitrogens with zero attached hydrogens (tertiary/aromatic N) is 1. The highest BCUT2D eigenvalue weighted by molar-refractivity contribution is 5.79. The molecule has 2 N–H and O–H groups in total. The highest BCUT2D eigenvalue weighted by atomic mass is 16.5. The zero-order valence-electron chi connectivity index (χ0n) is 15.7. The number of rotatable bonds is 9. The second-order valence-corrected chi connectivity index (χ2v) is 6.08. The van der Waals surface area contributed by atoms with Gasteiger partial charge in [-0.3, -0.25) is 4.99 Å². The van der Waals surface area contributed by atoms with Crippen molar-refractivity contribution in [2.75, 3.05) is 34.4 Å². The summed E-state index contributed by atoms with van der Waals surface area (Å²) in [5.41, 5.74) is 0.837. The van der Waals surface area contributed by atoms with Crippen LogP contribution >= 0.6 is 0 Å². The lowest BCUT2D eigenvalue weighted by atomic mass is 10.1. The number of hydrogen-bond acceptors (Lipinski definition) is 4. The van der Waals surface area contributed by atoms with E-state index in [2.05, 4.69) is 22.5 Å². The number of ether oxygens (including phenoxy) is 3. The van der Waals surface area contributed by atoms with Crippen LogP contribution in [0.5, 0.6) is 11.5 Å². The minimum Gasteiger partial charge on any atom is -0.493 e. The fraction of sp³-hybridized carbons (Fsp3) is 0.611. The van der Waals surface area contributed by atoms with Gasteiger partial charge in [0.1, 0.15) is 0 Å². The van der Waals surface area contributed by atoms with Crippen LogP contribution in [0.2, 0.25) is 0 Å². The molecule has 0 saturated heterocycles. The molecule has 24 heavy (non-hydrogen) atoms. The molecule has 0 aliphatic carbocycles. The Bertz CT molecular complexity index is 530. The molecule has 1 aromatic carbocycles. The number of hydrogen-bond donors (Lipinski definition) is 2. The van der Waals surface area contributed by atoms with Crippen LogP contribution in [0.3, 0.4) is 0 Å². The topological polar surface area (TPSA) is 64.1 Å². The maximum Gasteiger partial charge on any atom is 0.191 e. The lowest BCUT2D eigenvalue weighted by Crippen LogP contribution is -2.45. The summed E-state index contributed by atoms with van der Waals surface area (Å²) in [6.07, 6.45) is 0.965. The van der Waals surface area contributed by atoms with Gasteiger partial charge in [-0.1, -0.05) is 13.0 Å². The number of aliphatic imine (C=N–C) groups is 1. The van der Waals surface area contributed by atoms with Crippen LogP contribution in [-0.2, 0) is 11.3 Å². The van der Waals surface area contributed by atoms with E-state index in [4.69, 9.17) is 14.2 Å². The first-order chi connectivity index (χ1) is 11.5. The molecule has 6 heteroatoms. The third-order valence-electron chi connectivity index (χ3n) is 3.61. The van der Waals surface area contributed by atoms with E-state index in [1.54, 1.807) is 21.3 Å². The lowest BCUT2D eigenvalue weighted by Gasteiger charge is -2.24. The summed E-state index contributed by atoms with van der Waals surface area (Å²) in [5, 5.41) is 6.54. The van der Waals surface area contributed by atoms with Gasteiger partial charge in [0.25, 0.3) is 0 Å². The molecule has 0 radical (unpaired) electrons. The van der Waals surface area contributed by atoms with Gasteiger partial charge in [0, 0.05) is 27.2 Å². The van der Waals surface area contributed by atoms with E-state index in [9.17, 15) is 0 Å².